The third-order valence-corrected chi connectivity index (χ3v) is 4.85. The molecule has 1 aromatic carbocycles. The number of ether oxygens (including phenoxy) is 2. The second kappa shape index (κ2) is 8.34. The Morgan fingerprint density at radius 1 is 1.38 bits per heavy atom. The van der Waals surface area contributed by atoms with Gasteiger partial charge in [0.1, 0.15) is 5.75 Å². The smallest absolute Gasteiger partial charge is 0.226 e. The molecule has 1 fully saturated rings. The standard InChI is InChI=1S/C20H27NO3/c1-23-18-9-5-8-17(12-18)13-19-15-21(10-11-24-19)20(22)14-16-6-3-2-4-7-16/h5-6,8-9,12,19H,2-4,7,10-11,13-15H2,1H3/t19-/m0/s1. The summed E-state index contributed by atoms with van der Waals surface area (Å²) in [6.45, 7) is 2.02. The molecule has 3 rings (SSSR count). The van der Waals surface area contributed by atoms with Gasteiger partial charge in [-0.15, -0.1) is 0 Å². The Balaban J connectivity index is 1.55. The molecule has 24 heavy (non-hydrogen) atoms. The number of methoxy groups -OCH3 is 1. The van der Waals surface area contributed by atoms with E-state index in [1.54, 1.807) is 7.11 Å². The maximum atomic E-state index is 12.6. The van der Waals surface area contributed by atoms with Gasteiger partial charge in [0.05, 0.1) is 19.8 Å². The van der Waals surface area contributed by atoms with Gasteiger partial charge in [0.15, 0.2) is 0 Å². The fraction of sp³-hybridized carbons (Fsp3) is 0.550. The summed E-state index contributed by atoms with van der Waals surface area (Å²) < 4.78 is 11.2. The van der Waals surface area contributed by atoms with Gasteiger partial charge in [0.2, 0.25) is 5.91 Å². The molecule has 0 bridgehead atoms. The van der Waals surface area contributed by atoms with Crippen LogP contribution in [0.15, 0.2) is 35.9 Å². The van der Waals surface area contributed by atoms with Crippen LogP contribution in [0.4, 0.5) is 0 Å². The molecule has 4 nitrogen and oxygen atoms in total. The molecule has 1 amide bonds. The highest BCUT2D eigenvalue weighted by atomic mass is 16.5. The summed E-state index contributed by atoms with van der Waals surface area (Å²) in [6.07, 6.45) is 8.42. The van der Waals surface area contributed by atoms with Gasteiger partial charge in [-0.3, -0.25) is 4.79 Å². The van der Waals surface area contributed by atoms with Crippen molar-refractivity contribution in [3.05, 3.63) is 41.5 Å². The first-order valence-corrected chi connectivity index (χ1v) is 8.95. The minimum absolute atomic E-state index is 0.0649. The van der Waals surface area contributed by atoms with E-state index in [1.807, 2.05) is 23.1 Å². The van der Waals surface area contributed by atoms with E-state index in [0.717, 1.165) is 25.0 Å². The zero-order chi connectivity index (χ0) is 16.8. The van der Waals surface area contributed by atoms with Crippen molar-refractivity contribution in [2.75, 3.05) is 26.8 Å². The molecule has 0 saturated carbocycles. The number of morpholine rings is 1. The van der Waals surface area contributed by atoms with Crippen LogP contribution < -0.4 is 4.74 Å². The fourth-order valence-electron chi connectivity index (χ4n) is 3.50. The van der Waals surface area contributed by atoms with E-state index < -0.39 is 0 Å². The van der Waals surface area contributed by atoms with Gasteiger partial charge in [-0.05, 0) is 43.4 Å². The number of hydrogen-bond acceptors (Lipinski definition) is 3. The summed E-state index contributed by atoms with van der Waals surface area (Å²) in [4.78, 5) is 14.6. The number of benzene rings is 1. The molecule has 0 aromatic heterocycles. The van der Waals surface area contributed by atoms with Crippen LogP contribution >= 0.6 is 0 Å². The van der Waals surface area contributed by atoms with E-state index in [-0.39, 0.29) is 12.0 Å². The number of hydrogen-bond donors (Lipinski definition) is 0. The normalized spacial score (nSPS) is 21.3. The number of amides is 1. The first kappa shape index (κ1) is 17.0. The maximum Gasteiger partial charge on any atom is 0.226 e. The Labute approximate surface area is 144 Å². The third-order valence-electron chi connectivity index (χ3n) is 4.85. The van der Waals surface area contributed by atoms with Crippen LogP contribution in [0.3, 0.4) is 0 Å². The molecule has 1 aromatic rings. The first-order valence-electron chi connectivity index (χ1n) is 8.95. The van der Waals surface area contributed by atoms with Gasteiger partial charge >= 0.3 is 0 Å². The Kier molecular flexibility index (Phi) is 5.91. The van der Waals surface area contributed by atoms with Crippen molar-refractivity contribution >= 4 is 5.91 Å². The van der Waals surface area contributed by atoms with Crippen LogP contribution in [0.5, 0.6) is 5.75 Å². The van der Waals surface area contributed by atoms with E-state index in [4.69, 9.17) is 9.47 Å². The van der Waals surface area contributed by atoms with Crippen LogP contribution in [-0.4, -0.2) is 43.7 Å². The monoisotopic (exact) mass is 329 g/mol. The minimum Gasteiger partial charge on any atom is -0.497 e. The van der Waals surface area contributed by atoms with Crippen LogP contribution in [0.2, 0.25) is 0 Å². The average Bonchev–Trinajstić information content (AvgIpc) is 2.63. The highest BCUT2D eigenvalue weighted by molar-refractivity contribution is 5.78. The molecule has 0 unspecified atom stereocenters. The van der Waals surface area contributed by atoms with E-state index in [2.05, 4.69) is 12.1 Å². The highest BCUT2D eigenvalue weighted by Crippen LogP contribution is 2.22. The summed E-state index contributed by atoms with van der Waals surface area (Å²) in [7, 11) is 1.68. The van der Waals surface area contributed by atoms with E-state index in [9.17, 15) is 4.79 Å². The molecular formula is C20H27NO3. The lowest BCUT2D eigenvalue weighted by Gasteiger charge is -2.33. The Morgan fingerprint density at radius 3 is 3.08 bits per heavy atom. The van der Waals surface area contributed by atoms with Crippen molar-refractivity contribution in [1.82, 2.24) is 4.90 Å². The number of allylic oxidation sites excluding steroid dienone is 1. The number of rotatable bonds is 5. The third kappa shape index (κ3) is 4.60. The molecular weight excluding hydrogens is 302 g/mol. The second-order valence-electron chi connectivity index (χ2n) is 6.67. The van der Waals surface area contributed by atoms with E-state index in [1.165, 1.54) is 24.0 Å². The molecule has 2 aliphatic rings. The predicted molar refractivity (Wildman–Crippen MR) is 94.2 cm³/mol. The summed E-state index contributed by atoms with van der Waals surface area (Å²) in [5.41, 5.74) is 2.51. The average molecular weight is 329 g/mol. The number of nitrogens with zero attached hydrogens (tertiary/aromatic N) is 1. The van der Waals surface area contributed by atoms with Gasteiger partial charge in [0.25, 0.3) is 0 Å². The summed E-state index contributed by atoms with van der Waals surface area (Å²) in [5.74, 6) is 1.11. The van der Waals surface area contributed by atoms with Gasteiger partial charge < -0.3 is 14.4 Å². The van der Waals surface area contributed by atoms with Crippen molar-refractivity contribution in [3.63, 3.8) is 0 Å². The number of carbonyl (C=O) groups is 1. The maximum absolute atomic E-state index is 12.6. The van der Waals surface area contributed by atoms with Crippen molar-refractivity contribution in [2.45, 2.75) is 44.6 Å². The van der Waals surface area contributed by atoms with Crippen LogP contribution in [0.1, 0.15) is 37.7 Å². The van der Waals surface area contributed by atoms with Gasteiger partial charge in [-0.1, -0.05) is 23.8 Å². The minimum atomic E-state index is 0.0649. The molecule has 0 radical (unpaired) electrons. The van der Waals surface area contributed by atoms with Gasteiger partial charge in [0, 0.05) is 25.9 Å². The molecule has 1 aliphatic heterocycles. The van der Waals surface area contributed by atoms with Crippen molar-refractivity contribution in [1.29, 1.82) is 0 Å². The van der Waals surface area contributed by atoms with E-state index in [0.29, 0.717) is 26.1 Å². The van der Waals surface area contributed by atoms with Gasteiger partial charge in [-0.25, -0.2) is 0 Å². The van der Waals surface area contributed by atoms with Crippen molar-refractivity contribution in [3.8, 4) is 5.75 Å². The lowest BCUT2D eigenvalue weighted by Crippen LogP contribution is -2.46. The van der Waals surface area contributed by atoms with Crippen LogP contribution in [0.25, 0.3) is 0 Å². The Hall–Kier alpha value is -1.81. The molecule has 1 saturated heterocycles. The molecule has 0 spiro atoms. The van der Waals surface area contributed by atoms with Crippen LogP contribution in [0, 0.1) is 0 Å². The SMILES string of the molecule is COc1cccc(C[C@H]2CN(C(=O)CC3=CCCCC3)CCO2)c1. The lowest BCUT2D eigenvalue weighted by molar-refractivity contribution is -0.138. The zero-order valence-electron chi connectivity index (χ0n) is 14.5. The Bertz CT molecular complexity index is 596. The van der Waals surface area contributed by atoms with Gasteiger partial charge in [-0.2, -0.15) is 0 Å². The summed E-state index contributed by atoms with van der Waals surface area (Å²) >= 11 is 0. The van der Waals surface area contributed by atoms with Crippen molar-refractivity contribution in [2.24, 2.45) is 0 Å². The molecule has 0 N–H and O–H groups in total. The quantitative estimate of drug-likeness (QED) is 0.778. The Morgan fingerprint density at radius 2 is 2.29 bits per heavy atom. The second-order valence-corrected chi connectivity index (χ2v) is 6.67. The molecule has 1 atom stereocenters. The first-order chi connectivity index (χ1) is 11.7. The molecule has 4 heteroatoms. The zero-order valence-corrected chi connectivity index (χ0v) is 14.5. The topological polar surface area (TPSA) is 38.8 Å². The van der Waals surface area contributed by atoms with Crippen LogP contribution in [-0.2, 0) is 16.0 Å². The molecule has 1 heterocycles. The predicted octanol–water partition coefficient (Wildman–Crippen LogP) is 3.36. The summed E-state index contributed by atoms with van der Waals surface area (Å²) in [5, 5.41) is 0. The van der Waals surface area contributed by atoms with Crippen molar-refractivity contribution < 1.29 is 14.3 Å². The summed E-state index contributed by atoms with van der Waals surface area (Å²) in [6, 6.07) is 8.06. The van der Waals surface area contributed by atoms with E-state index >= 15 is 0 Å². The number of carbonyl (C=O) groups excluding carboxylic acids is 1. The molecule has 1 aliphatic carbocycles. The lowest BCUT2D eigenvalue weighted by atomic mass is 9.96. The fourth-order valence-corrected chi connectivity index (χ4v) is 3.50. The molecule has 130 valence electrons. The highest BCUT2D eigenvalue weighted by Gasteiger charge is 2.25. The largest absolute Gasteiger partial charge is 0.497 e.